The van der Waals surface area contributed by atoms with E-state index in [9.17, 15) is 9.59 Å². The standard InChI is InChI=1S/C12H11N5O2/c18-10(15-8-4-2-1-3-5-8)6-9-11(19)16-12-13-7-14-17(9)12/h1-5,7,9H,6H2,(H,15,18)(H,13,14,16,19)/t9-/m0/s1. The zero-order valence-electron chi connectivity index (χ0n) is 9.91. The van der Waals surface area contributed by atoms with E-state index < -0.39 is 6.04 Å². The molecule has 0 saturated carbocycles. The highest BCUT2D eigenvalue weighted by atomic mass is 16.2. The molecule has 96 valence electrons. The minimum absolute atomic E-state index is 0.0249. The Balaban J connectivity index is 1.69. The maximum absolute atomic E-state index is 11.9. The van der Waals surface area contributed by atoms with Crippen LogP contribution < -0.4 is 10.6 Å². The Kier molecular flexibility index (Phi) is 2.71. The van der Waals surface area contributed by atoms with Gasteiger partial charge in [-0.05, 0) is 12.1 Å². The number of anilines is 2. The van der Waals surface area contributed by atoms with Crippen LogP contribution in [0, 0.1) is 0 Å². The van der Waals surface area contributed by atoms with Gasteiger partial charge in [0.2, 0.25) is 11.9 Å². The lowest BCUT2D eigenvalue weighted by molar-refractivity contribution is -0.123. The number of hydrogen-bond donors (Lipinski definition) is 2. The highest BCUT2D eigenvalue weighted by molar-refractivity contribution is 6.00. The summed E-state index contributed by atoms with van der Waals surface area (Å²) in [5.41, 5.74) is 0.699. The molecule has 3 rings (SSSR count). The molecular weight excluding hydrogens is 246 g/mol. The van der Waals surface area contributed by atoms with Gasteiger partial charge in [-0.15, -0.1) is 0 Å². The van der Waals surface area contributed by atoms with E-state index in [0.717, 1.165) is 0 Å². The number of benzene rings is 1. The van der Waals surface area contributed by atoms with Crippen molar-refractivity contribution < 1.29 is 9.59 Å². The number of nitrogens with one attached hydrogen (secondary N) is 2. The Morgan fingerprint density at radius 3 is 2.95 bits per heavy atom. The van der Waals surface area contributed by atoms with Crippen molar-refractivity contribution in [3.63, 3.8) is 0 Å². The molecule has 0 saturated heterocycles. The third-order valence-electron chi connectivity index (χ3n) is 2.84. The van der Waals surface area contributed by atoms with E-state index in [0.29, 0.717) is 11.6 Å². The van der Waals surface area contributed by atoms with Crippen molar-refractivity contribution >= 4 is 23.5 Å². The number of nitrogens with zero attached hydrogens (tertiary/aromatic N) is 3. The van der Waals surface area contributed by atoms with E-state index in [2.05, 4.69) is 20.7 Å². The molecule has 7 nitrogen and oxygen atoms in total. The van der Waals surface area contributed by atoms with Crippen LogP contribution in [0.1, 0.15) is 12.5 Å². The van der Waals surface area contributed by atoms with Gasteiger partial charge in [0.1, 0.15) is 12.4 Å². The Bertz CT molecular complexity index is 622. The van der Waals surface area contributed by atoms with Crippen molar-refractivity contribution in [3.8, 4) is 0 Å². The van der Waals surface area contributed by atoms with Gasteiger partial charge in [-0.2, -0.15) is 10.1 Å². The second-order valence-electron chi connectivity index (χ2n) is 4.15. The van der Waals surface area contributed by atoms with E-state index >= 15 is 0 Å². The summed E-state index contributed by atoms with van der Waals surface area (Å²) in [5, 5.41) is 9.23. The third kappa shape index (κ3) is 2.17. The Hall–Kier alpha value is -2.70. The van der Waals surface area contributed by atoms with Gasteiger partial charge in [0, 0.05) is 5.69 Å². The van der Waals surface area contributed by atoms with Crippen molar-refractivity contribution in [2.75, 3.05) is 10.6 Å². The summed E-state index contributed by atoms with van der Waals surface area (Å²) in [5.74, 6) is -0.129. The molecule has 1 aliphatic heterocycles. The second-order valence-corrected chi connectivity index (χ2v) is 4.15. The van der Waals surface area contributed by atoms with Crippen molar-refractivity contribution in [3.05, 3.63) is 36.7 Å². The summed E-state index contributed by atoms with van der Waals surface area (Å²) in [4.78, 5) is 27.5. The first kappa shape index (κ1) is 11.4. The van der Waals surface area contributed by atoms with Crippen LogP contribution in [0.25, 0.3) is 0 Å². The maximum Gasteiger partial charge on any atom is 0.252 e. The number of fused-ring (bicyclic) bond motifs is 1. The predicted octanol–water partition coefficient (Wildman–Crippen LogP) is 0.800. The zero-order valence-corrected chi connectivity index (χ0v) is 9.91. The van der Waals surface area contributed by atoms with Gasteiger partial charge in [0.15, 0.2) is 0 Å². The fraction of sp³-hybridized carbons (Fsp3) is 0.167. The highest BCUT2D eigenvalue weighted by Gasteiger charge is 2.33. The van der Waals surface area contributed by atoms with Crippen LogP contribution in [0.4, 0.5) is 11.6 Å². The molecule has 1 aromatic heterocycles. The lowest BCUT2D eigenvalue weighted by atomic mass is 10.2. The van der Waals surface area contributed by atoms with Crippen molar-refractivity contribution in [1.29, 1.82) is 0 Å². The van der Waals surface area contributed by atoms with Crippen molar-refractivity contribution in [2.45, 2.75) is 12.5 Å². The first-order chi connectivity index (χ1) is 9.24. The van der Waals surface area contributed by atoms with Crippen LogP contribution in [-0.4, -0.2) is 26.6 Å². The van der Waals surface area contributed by atoms with E-state index in [1.165, 1.54) is 11.0 Å². The van der Waals surface area contributed by atoms with Gasteiger partial charge in [0.25, 0.3) is 5.91 Å². The number of aromatic nitrogens is 3. The number of amides is 2. The van der Waals surface area contributed by atoms with E-state index in [1.54, 1.807) is 12.1 Å². The number of para-hydroxylation sites is 1. The highest BCUT2D eigenvalue weighted by Crippen LogP contribution is 2.23. The molecule has 0 aliphatic carbocycles. The average Bonchev–Trinajstić information content (AvgIpc) is 2.94. The molecule has 2 amide bonds. The van der Waals surface area contributed by atoms with E-state index in [4.69, 9.17) is 0 Å². The Morgan fingerprint density at radius 2 is 2.16 bits per heavy atom. The number of hydrogen-bond acceptors (Lipinski definition) is 4. The topological polar surface area (TPSA) is 88.9 Å². The summed E-state index contributed by atoms with van der Waals surface area (Å²) in [6, 6.07) is 8.45. The van der Waals surface area contributed by atoms with Crippen LogP contribution in [0.5, 0.6) is 0 Å². The smallest absolute Gasteiger partial charge is 0.252 e. The lowest BCUT2D eigenvalue weighted by Crippen LogP contribution is -2.23. The monoisotopic (exact) mass is 257 g/mol. The number of carbonyl (C=O) groups excluding carboxylic acids is 2. The fourth-order valence-corrected chi connectivity index (χ4v) is 1.96. The molecule has 1 atom stereocenters. The first-order valence-corrected chi connectivity index (χ1v) is 5.79. The Morgan fingerprint density at radius 1 is 1.37 bits per heavy atom. The van der Waals surface area contributed by atoms with Gasteiger partial charge in [-0.1, -0.05) is 18.2 Å². The molecular formula is C12H11N5O2. The minimum Gasteiger partial charge on any atom is -0.326 e. The lowest BCUT2D eigenvalue weighted by Gasteiger charge is -2.09. The molecule has 0 unspecified atom stereocenters. The maximum atomic E-state index is 11.9. The molecule has 0 spiro atoms. The normalized spacial score (nSPS) is 16.8. The molecule has 1 aliphatic rings. The fourth-order valence-electron chi connectivity index (χ4n) is 1.96. The molecule has 19 heavy (non-hydrogen) atoms. The van der Waals surface area contributed by atoms with Gasteiger partial charge < -0.3 is 5.32 Å². The minimum atomic E-state index is -0.638. The van der Waals surface area contributed by atoms with Crippen LogP contribution >= 0.6 is 0 Å². The summed E-state index contributed by atoms with van der Waals surface area (Å²) in [7, 11) is 0. The molecule has 7 heteroatoms. The molecule has 2 N–H and O–H groups in total. The largest absolute Gasteiger partial charge is 0.326 e. The number of carbonyl (C=O) groups is 2. The van der Waals surface area contributed by atoms with Crippen molar-refractivity contribution in [1.82, 2.24) is 14.8 Å². The summed E-state index contributed by atoms with van der Waals surface area (Å²) < 4.78 is 1.42. The van der Waals surface area contributed by atoms with Gasteiger partial charge in [-0.25, -0.2) is 4.68 Å². The van der Waals surface area contributed by atoms with Crippen LogP contribution in [0.2, 0.25) is 0 Å². The average molecular weight is 257 g/mol. The molecule has 1 aromatic carbocycles. The van der Waals surface area contributed by atoms with E-state index in [-0.39, 0.29) is 18.2 Å². The molecule has 2 heterocycles. The predicted molar refractivity (Wildman–Crippen MR) is 67.4 cm³/mol. The van der Waals surface area contributed by atoms with Crippen LogP contribution in [0.3, 0.4) is 0 Å². The molecule has 0 bridgehead atoms. The SMILES string of the molecule is O=C(C[C@H]1C(=O)Nc2ncnn21)Nc1ccccc1. The molecule has 2 aromatic rings. The summed E-state index contributed by atoms with van der Waals surface area (Å²) >= 11 is 0. The van der Waals surface area contributed by atoms with Gasteiger partial charge >= 0.3 is 0 Å². The van der Waals surface area contributed by atoms with Crippen molar-refractivity contribution in [2.24, 2.45) is 0 Å². The Labute approximate surface area is 108 Å². The van der Waals surface area contributed by atoms with Crippen LogP contribution in [-0.2, 0) is 9.59 Å². The number of rotatable bonds is 3. The summed E-state index contributed by atoms with van der Waals surface area (Å²) in [6.45, 7) is 0. The first-order valence-electron chi connectivity index (χ1n) is 5.79. The van der Waals surface area contributed by atoms with E-state index in [1.807, 2.05) is 18.2 Å². The zero-order chi connectivity index (χ0) is 13.2. The van der Waals surface area contributed by atoms with Crippen LogP contribution in [0.15, 0.2) is 36.7 Å². The van der Waals surface area contributed by atoms with Gasteiger partial charge in [-0.3, -0.25) is 14.9 Å². The van der Waals surface area contributed by atoms with Gasteiger partial charge in [0.05, 0.1) is 6.42 Å². The molecule has 0 radical (unpaired) electrons. The second kappa shape index (κ2) is 4.52. The third-order valence-corrected chi connectivity index (χ3v) is 2.84. The summed E-state index contributed by atoms with van der Waals surface area (Å²) in [6.07, 6.45) is 1.37. The quantitative estimate of drug-likeness (QED) is 0.851. The molecule has 0 fully saturated rings.